The first-order valence-corrected chi connectivity index (χ1v) is 13.9. The molecule has 2 amide bonds. The van der Waals surface area contributed by atoms with Crippen LogP contribution >= 0.6 is 24.0 Å². The molecule has 39 heavy (non-hydrogen) atoms. The van der Waals surface area contributed by atoms with Gasteiger partial charge < -0.3 is 15.4 Å². The van der Waals surface area contributed by atoms with Crippen molar-refractivity contribution in [1.82, 2.24) is 14.3 Å². The number of nitrogens with zero attached hydrogens (tertiary/aromatic N) is 4. The SMILES string of the molecule is COc1ccc(CCN2C(=O)C(=Cc3c(N4CCC(C(N)=O)CC4)nc4c(C)cccn4c3=O)SC2=S)cc1. The molecule has 0 bridgehead atoms. The van der Waals surface area contributed by atoms with Crippen molar-refractivity contribution >= 4 is 57.7 Å². The van der Waals surface area contributed by atoms with Crippen molar-refractivity contribution in [3.05, 3.63) is 74.5 Å². The highest BCUT2D eigenvalue weighted by Crippen LogP contribution is 2.34. The van der Waals surface area contributed by atoms with Crippen LogP contribution in [0.5, 0.6) is 5.75 Å². The zero-order valence-electron chi connectivity index (χ0n) is 21.8. The van der Waals surface area contributed by atoms with Crippen molar-refractivity contribution in [2.45, 2.75) is 26.2 Å². The van der Waals surface area contributed by atoms with Crippen molar-refractivity contribution in [3.63, 3.8) is 0 Å². The Bertz CT molecular complexity index is 1540. The minimum absolute atomic E-state index is 0.199. The highest BCUT2D eigenvalue weighted by atomic mass is 32.2. The molecule has 2 aliphatic rings. The van der Waals surface area contributed by atoms with E-state index in [1.165, 1.54) is 16.2 Å². The zero-order valence-corrected chi connectivity index (χ0v) is 23.4. The predicted molar refractivity (Wildman–Crippen MR) is 157 cm³/mol. The molecular weight excluding hydrogens is 534 g/mol. The lowest BCUT2D eigenvalue weighted by Gasteiger charge is -2.32. The summed E-state index contributed by atoms with van der Waals surface area (Å²) in [5.41, 5.74) is 8.06. The Morgan fingerprint density at radius 2 is 1.92 bits per heavy atom. The maximum absolute atomic E-state index is 13.7. The van der Waals surface area contributed by atoms with E-state index >= 15 is 0 Å². The first-order valence-electron chi connectivity index (χ1n) is 12.7. The molecule has 5 rings (SSSR count). The number of thiocarbonyl (C=S) groups is 1. The molecule has 202 valence electrons. The van der Waals surface area contributed by atoms with Gasteiger partial charge in [-0.1, -0.05) is 42.2 Å². The van der Waals surface area contributed by atoms with E-state index in [0.717, 1.165) is 16.9 Å². The number of primary amides is 1. The minimum atomic E-state index is -0.310. The molecule has 2 saturated heterocycles. The third-order valence-electron chi connectivity index (χ3n) is 7.19. The van der Waals surface area contributed by atoms with Crippen molar-refractivity contribution in [3.8, 4) is 5.75 Å². The van der Waals surface area contributed by atoms with Gasteiger partial charge in [-0.05, 0) is 61.6 Å². The molecular formula is C28H29N5O4S2. The van der Waals surface area contributed by atoms with E-state index < -0.39 is 0 Å². The average molecular weight is 564 g/mol. The lowest BCUT2D eigenvalue weighted by atomic mass is 9.96. The number of benzene rings is 1. The third-order valence-corrected chi connectivity index (χ3v) is 8.57. The van der Waals surface area contributed by atoms with Crippen LogP contribution in [-0.2, 0) is 16.0 Å². The van der Waals surface area contributed by atoms with Crippen LogP contribution < -0.4 is 20.9 Å². The number of aryl methyl sites for hydroxylation is 1. The van der Waals surface area contributed by atoms with Crippen LogP contribution in [0.15, 0.2) is 52.3 Å². The zero-order chi connectivity index (χ0) is 27.7. The summed E-state index contributed by atoms with van der Waals surface area (Å²) in [6.07, 6.45) is 5.09. The maximum atomic E-state index is 13.7. The number of nitrogens with two attached hydrogens (primary N) is 1. The van der Waals surface area contributed by atoms with E-state index in [-0.39, 0.29) is 23.3 Å². The number of piperidine rings is 1. The number of carbonyl (C=O) groups is 2. The predicted octanol–water partition coefficient (Wildman–Crippen LogP) is 3.16. The quantitative estimate of drug-likeness (QED) is 0.345. The minimum Gasteiger partial charge on any atom is -0.497 e. The number of thioether (sulfide) groups is 1. The third kappa shape index (κ3) is 5.41. The topological polar surface area (TPSA) is 110 Å². The van der Waals surface area contributed by atoms with Crippen molar-refractivity contribution in [1.29, 1.82) is 0 Å². The van der Waals surface area contributed by atoms with Gasteiger partial charge in [-0.25, -0.2) is 4.98 Å². The number of hydrogen-bond acceptors (Lipinski definition) is 8. The Morgan fingerprint density at radius 3 is 2.59 bits per heavy atom. The molecule has 0 aliphatic carbocycles. The van der Waals surface area contributed by atoms with Gasteiger partial charge in [-0.3, -0.25) is 23.7 Å². The van der Waals surface area contributed by atoms with E-state index in [1.54, 1.807) is 30.3 Å². The number of rotatable bonds is 7. The summed E-state index contributed by atoms with van der Waals surface area (Å²) < 4.78 is 7.17. The standard InChI is InChI=1S/C28H29N5O4S2/c1-17-4-3-12-32-24(17)30-25(31-13-10-19(11-14-31)23(29)34)21(26(32)35)16-22-27(36)33(28(38)39-22)15-9-18-5-7-20(37-2)8-6-18/h3-8,12,16,19H,9-11,13-15H2,1-2H3,(H2,29,34). The molecule has 2 aromatic heterocycles. The normalized spacial score (nSPS) is 17.4. The van der Waals surface area contributed by atoms with Gasteiger partial charge in [0, 0.05) is 31.7 Å². The van der Waals surface area contributed by atoms with Crippen molar-refractivity contribution in [2.24, 2.45) is 11.7 Å². The molecule has 0 spiro atoms. The van der Waals surface area contributed by atoms with E-state index in [0.29, 0.717) is 65.2 Å². The van der Waals surface area contributed by atoms with Crippen LogP contribution in [0.3, 0.4) is 0 Å². The molecule has 4 heterocycles. The van der Waals surface area contributed by atoms with Gasteiger partial charge in [-0.15, -0.1) is 0 Å². The fourth-order valence-electron chi connectivity index (χ4n) is 4.90. The van der Waals surface area contributed by atoms with Crippen LogP contribution in [0.1, 0.15) is 29.5 Å². The number of fused-ring (bicyclic) bond motifs is 1. The molecule has 0 saturated carbocycles. The van der Waals surface area contributed by atoms with E-state index in [4.69, 9.17) is 27.7 Å². The number of methoxy groups -OCH3 is 1. The molecule has 2 fully saturated rings. The first-order chi connectivity index (χ1) is 18.8. The summed E-state index contributed by atoms with van der Waals surface area (Å²) in [6, 6.07) is 11.4. The van der Waals surface area contributed by atoms with Gasteiger partial charge >= 0.3 is 0 Å². The fourth-order valence-corrected chi connectivity index (χ4v) is 6.19. The maximum Gasteiger partial charge on any atom is 0.267 e. The summed E-state index contributed by atoms with van der Waals surface area (Å²) >= 11 is 6.73. The Kier molecular flexibility index (Phi) is 7.72. The first kappa shape index (κ1) is 26.9. The largest absolute Gasteiger partial charge is 0.497 e. The molecule has 1 aromatic carbocycles. The van der Waals surface area contributed by atoms with Gasteiger partial charge in [0.2, 0.25) is 5.91 Å². The average Bonchev–Trinajstić information content (AvgIpc) is 3.21. The van der Waals surface area contributed by atoms with Crippen LogP contribution in [0.2, 0.25) is 0 Å². The second-order valence-electron chi connectivity index (χ2n) is 9.63. The molecule has 0 atom stereocenters. The highest BCUT2D eigenvalue weighted by molar-refractivity contribution is 8.26. The Balaban J connectivity index is 1.46. The van der Waals surface area contributed by atoms with Crippen LogP contribution in [0.25, 0.3) is 11.7 Å². The fraction of sp³-hybridized carbons (Fsp3) is 0.321. The van der Waals surface area contributed by atoms with Crippen LogP contribution in [0.4, 0.5) is 5.82 Å². The van der Waals surface area contributed by atoms with Crippen molar-refractivity contribution in [2.75, 3.05) is 31.6 Å². The smallest absolute Gasteiger partial charge is 0.267 e. The number of carbonyl (C=O) groups excluding carboxylic acids is 2. The lowest BCUT2D eigenvalue weighted by Crippen LogP contribution is -2.40. The van der Waals surface area contributed by atoms with Crippen molar-refractivity contribution < 1.29 is 14.3 Å². The molecule has 11 heteroatoms. The molecule has 3 aromatic rings. The number of pyridine rings is 1. The second-order valence-corrected chi connectivity index (χ2v) is 11.3. The number of aromatic nitrogens is 2. The summed E-state index contributed by atoms with van der Waals surface area (Å²) in [4.78, 5) is 47.7. The van der Waals surface area contributed by atoms with Gasteiger partial charge in [0.15, 0.2) is 0 Å². The van der Waals surface area contributed by atoms with Crippen LogP contribution in [-0.4, -0.2) is 57.2 Å². The molecule has 0 unspecified atom stereocenters. The summed E-state index contributed by atoms with van der Waals surface area (Å²) in [5.74, 6) is 0.532. The Morgan fingerprint density at radius 1 is 1.21 bits per heavy atom. The molecule has 9 nitrogen and oxygen atoms in total. The monoisotopic (exact) mass is 563 g/mol. The van der Waals surface area contributed by atoms with Gasteiger partial charge in [0.25, 0.3) is 11.5 Å². The van der Waals surface area contributed by atoms with E-state index in [9.17, 15) is 14.4 Å². The molecule has 2 N–H and O–H groups in total. The summed E-state index contributed by atoms with van der Waals surface area (Å²) in [7, 11) is 1.62. The lowest BCUT2D eigenvalue weighted by molar-refractivity contribution is -0.123. The number of anilines is 1. The van der Waals surface area contributed by atoms with Gasteiger partial charge in [0.1, 0.15) is 21.5 Å². The van der Waals surface area contributed by atoms with E-state index in [2.05, 4.69) is 0 Å². The van der Waals surface area contributed by atoms with Gasteiger partial charge in [0.05, 0.1) is 17.6 Å². The Hall–Kier alpha value is -3.70. The highest BCUT2D eigenvalue weighted by Gasteiger charge is 2.33. The summed E-state index contributed by atoms with van der Waals surface area (Å²) in [6.45, 7) is 3.39. The van der Waals surface area contributed by atoms with E-state index in [1.807, 2.05) is 42.2 Å². The summed E-state index contributed by atoms with van der Waals surface area (Å²) in [5, 5.41) is 0. The number of ether oxygens (including phenoxy) is 1. The van der Waals surface area contributed by atoms with Gasteiger partial charge in [-0.2, -0.15) is 0 Å². The Labute approximate surface area is 235 Å². The number of hydrogen-bond donors (Lipinski definition) is 1. The molecule has 0 radical (unpaired) electrons. The molecule has 2 aliphatic heterocycles. The second kappa shape index (κ2) is 11.2. The van der Waals surface area contributed by atoms with Crippen LogP contribution in [0, 0.1) is 12.8 Å². The number of amides is 2.